The van der Waals surface area contributed by atoms with Gasteiger partial charge in [-0.05, 0) is 106 Å². The highest BCUT2D eigenvalue weighted by Gasteiger charge is 2.51. The Morgan fingerprint density at radius 3 is 1.93 bits per heavy atom. The Morgan fingerprint density at radius 1 is 0.439 bits per heavy atom. The standard InChI is InChI=1S/C38H33BO2/c1-37(2)38(3,4)41-39(40-37)32-17-10-16-28(23-32)31-22-29-20-21-30(34-19-11-15-26-14-8-9-18-33(26)34)24-36(29)35(25-31)27-12-6-5-7-13-27/h5-25H,1-4H3. The van der Waals surface area contributed by atoms with Crippen molar-refractivity contribution in [3.8, 4) is 33.4 Å². The minimum Gasteiger partial charge on any atom is -0.399 e. The Balaban J connectivity index is 1.37. The molecule has 6 aromatic rings. The third-order valence-corrected chi connectivity index (χ3v) is 8.89. The van der Waals surface area contributed by atoms with Crippen LogP contribution in [0.15, 0.2) is 127 Å². The van der Waals surface area contributed by atoms with Gasteiger partial charge in [-0.1, -0.05) is 109 Å². The van der Waals surface area contributed by atoms with Crippen molar-refractivity contribution in [3.63, 3.8) is 0 Å². The van der Waals surface area contributed by atoms with E-state index in [0.717, 1.165) is 11.0 Å². The first-order valence-corrected chi connectivity index (χ1v) is 14.4. The van der Waals surface area contributed by atoms with E-state index in [9.17, 15) is 0 Å². The first kappa shape index (κ1) is 25.8. The van der Waals surface area contributed by atoms with Gasteiger partial charge in [-0.25, -0.2) is 0 Å². The number of fused-ring (bicyclic) bond motifs is 2. The fraction of sp³-hybridized carbons (Fsp3) is 0.158. The van der Waals surface area contributed by atoms with Gasteiger partial charge in [0.15, 0.2) is 0 Å². The van der Waals surface area contributed by atoms with Crippen LogP contribution < -0.4 is 5.46 Å². The summed E-state index contributed by atoms with van der Waals surface area (Å²) in [7, 11) is -0.391. The average molecular weight is 532 g/mol. The predicted octanol–water partition coefficient (Wildman–Crippen LogP) is 9.29. The molecule has 0 aromatic heterocycles. The summed E-state index contributed by atoms with van der Waals surface area (Å²) >= 11 is 0. The van der Waals surface area contributed by atoms with Gasteiger partial charge >= 0.3 is 7.12 Å². The summed E-state index contributed by atoms with van der Waals surface area (Å²) in [6.07, 6.45) is 0. The first-order chi connectivity index (χ1) is 19.8. The maximum absolute atomic E-state index is 6.37. The second kappa shape index (κ2) is 9.73. The molecule has 0 aliphatic carbocycles. The van der Waals surface area contributed by atoms with Gasteiger partial charge in [0.1, 0.15) is 0 Å². The Labute approximate surface area is 242 Å². The molecule has 0 N–H and O–H groups in total. The third kappa shape index (κ3) is 4.56. The van der Waals surface area contributed by atoms with Crippen LogP contribution in [-0.2, 0) is 9.31 Å². The van der Waals surface area contributed by atoms with Crippen LogP contribution in [-0.4, -0.2) is 18.3 Å². The maximum atomic E-state index is 6.37. The number of benzene rings is 6. The zero-order valence-electron chi connectivity index (χ0n) is 24.0. The molecule has 0 spiro atoms. The largest absolute Gasteiger partial charge is 0.494 e. The molecule has 1 aliphatic heterocycles. The van der Waals surface area contributed by atoms with Crippen LogP contribution in [0.25, 0.3) is 54.9 Å². The molecule has 7 rings (SSSR count). The van der Waals surface area contributed by atoms with E-state index in [1.165, 1.54) is 49.4 Å². The van der Waals surface area contributed by atoms with Crippen molar-refractivity contribution in [1.82, 2.24) is 0 Å². The molecular formula is C38H33BO2. The normalized spacial score (nSPS) is 16.0. The minimum absolute atomic E-state index is 0.376. The van der Waals surface area contributed by atoms with Gasteiger partial charge in [0.05, 0.1) is 11.2 Å². The Hall–Kier alpha value is -4.18. The summed E-state index contributed by atoms with van der Waals surface area (Å²) in [5, 5.41) is 4.98. The smallest absolute Gasteiger partial charge is 0.399 e. The molecule has 1 aliphatic rings. The quantitative estimate of drug-likeness (QED) is 0.211. The molecule has 0 saturated carbocycles. The molecule has 2 nitrogen and oxygen atoms in total. The van der Waals surface area contributed by atoms with Crippen LogP contribution in [0.3, 0.4) is 0 Å². The topological polar surface area (TPSA) is 18.5 Å². The highest BCUT2D eigenvalue weighted by Crippen LogP contribution is 2.39. The van der Waals surface area contributed by atoms with E-state index in [0.29, 0.717) is 0 Å². The van der Waals surface area contributed by atoms with E-state index in [1.807, 2.05) is 0 Å². The van der Waals surface area contributed by atoms with Crippen LogP contribution in [0.1, 0.15) is 27.7 Å². The van der Waals surface area contributed by atoms with Crippen LogP contribution in [0.5, 0.6) is 0 Å². The molecule has 1 saturated heterocycles. The summed E-state index contributed by atoms with van der Waals surface area (Å²) in [5.74, 6) is 0. The summed E-state index contributed by atoms with van der Waals surface area (Å²) in [6, 6.07) is 45.9. The zero-order valence-corrected chi connectivity index (χ0v) is 24.0. The van der Waals surface area contributed by atoms with E-state index < -0.39 is 7.12 Å². The Morgan fingerprint density at radius 2 is 1.12 bits per heavy atom. The van der Waals surface area contributed by atoms with Crippen LogP contribution in [0.4, 0.5) is 0 Å². The van der Waals surface area contributed by atoms with Crippen molar-refractivity contribution in [1.29, 1.82) is 0 Å². The van der Waals surface area contributed by atoms with E-state index in [1.54, 1.807) is 0 Å². The molecule has 0 radical (unpaired) electrons. The van der Waals surface area contributed by atoms with E-state index in [-0.39, 0.29) is 11.2 Å². The van der Waals surface area contributed by atoms with E-state index in [2.05, 4.69) is 155 Å². The van der Waals surface area contributed by atoms with Crippen LogP contribution in [0, 0.1) is 0 Å². The molecule has 41 heavy (non-hydrogen) atoms. The minimum atomic E-state index is -0.391. The molecule has 0 amide bonds. The van der Waals surface area contributed by atoms with Crippen molar-refractivity contribution < 1.29 is 9.31 Å². The molecule has 200 valence electrons. The lowest BCUT2D eigenvalue weighted by molar-refractivity contribution is 0.00578. The molecule has 0 atom stereocenters. The number of rotatable bonds is 4. The first-order valence-electron chi connectivity index (χ1n) is 14.4. The van der Waals surface area contributed by atoms with E-state index in [4.69, 9.17) is 9.31 Å². The van der Waals surface area contributed by atoms with E-state index >= 15 is 0 Å². The van der Waals surface area contributed by atoms with Crippen molar-refractivity contribution in [2.24, 2.45) is 0 Å². The van der Waals surface area contributed by atoms with Gasteiger partial charge in [0.25, 0.3) is 0 Å². The second-order valence-corrected chi connectivity index (χ2v) is 12.1. The molecule has 1 fully saturated rings. The lowest BCUT2D eigenvalue weighted by Gasteiger charge is -2.32. The van der Waals surface area contributed by atoms with Crippen LogP contribution in [0.2, 0.25) is 0 Å². The molecule has 6 aromatic carbocycles. The molecule has 1 heterocycles. The predicted molar refractivity (Wildman–Crippen MR) is 173 cm³/mol. The zero-order chi connectivity index (χ0) is 28.2. The fourth-order valence-electron chi connectivity index (χ4n) is 5.87. The van der Waals surface area contributed by atoms with Gasteiger partial charge in [0, 0.05) is 0 Å². The Bertz CT molecular complexity index is 1880. The average Bonchev–Trinajstić information content (AvgIpc) is 3.22. The number of hydrogen-bond donors (Lipinski definition) is 0. The molecular weight excluding hydrogens is 499 g/mol. The fourth-order valence-corrected chi connectivity index (χ4v) is 5.87. The van der Waals surface area contributed by atoms with Gasteiger partial charge in [-0.2, -0.15) is 0 Å². The lowest BCUT2D eigenvalue weighted by atomic mass is 9.77. The second-order valence-electron chi connectivity index (χ2n) is 12.1. The van der Waals surface area contributed by atoms with Gasteiger partial charge in [-0.3, -0.25) is 0 Å². The highest BCUT2D eigenvalue weighted by molar-refractivity contribution is 6.62. The van der Waals surface area contributed by atoms with Gasteiger partial charge in [0.2, 0.25) is 0 Å². The summed E-state index contributed by atoms with van der Waals surface area (Å²) in [4.78, 5) is 0. The van der Waals surface area contributed by atoms with Crippen molar-refractivity contribution >= 4 is 34.1 Å². The SMILES string of the molecule is CC1(C)OB(c2cccc(-c3cc(-c4ccccc4)c4cc(-c5cccc6ccccc56)ccc4c3)c2)OC1(C)C. The number of hydrogen-bond acceptors (Lipinski definition) is 2. The lowest BCUT2D eigenvalue weighted by Crippen LogP contribution is -2.41. The summed E-state index contributed by atoms with van der Waals surface area (Å²) in [5.41, 5.74) is 7.51. The summed E-state index contributed by atoms with van der Waals surface area (Å²) in [6.45, 7) is 8.38. The third-order valence-electron chi connectivity index (χ3n) is 8.89. The summed E-state index contributed by atoms with van der Waals surface area (Å²) < 4.78 is 12.7. The molecule has 3 heteroatoms. The van der Waals surface area contributed by atoms with Gasteiger partial charge < -0.3 is 9.31 Å². The van der Waals surface area contributed by atoms with Crippen LogP contribution >= 0.6 is 0 Å². The van der Waals surface area contributed by atoms with Gasteiger partial charge in [-0.15, -0.1) is 0 Å². The molecule has 0 unspecified atom stereocenters. The Kier molecular flexibility index (Phi) is 6.12. The van der Waals surface area contributed by atoms with Crippen molar-refractivity contribution in [2.75, 3.05) is 0 Å². The van der Waals surface area contributed by atoms with Crippen molar-refractivity contribution in [2.45, 2.75) is 38.9 Å². The molecule has 0 bridgehead atoms. The highest BCUT2D eigenvalue weighted by atomic mass is 16.7. The monoisotopic (exact) mass is 532 g/mol. The van der Waals surface area contributed by atoms with Crippen molar-refractivity contribution in [3.05, 3.63) is 127 Å². The maximum Gasteiger partial charge on any atom is 0.494 e.